The van der Waals surface area contributed by atoms with Gasteiger partial charge in [-0.1, -0.05) is 6.07 Å². The number of anilines is 1. The number of nitrogens with zero attached hydrogens (tertiary/aromatic N) is 4. The van der Waals surface area contributed by atoms with Gasteiger partial charge in [0.1, 0.15) is 5.82 Å². The van der Waals surface area contributed by atoms with E-state index in [0.717, 1.165) is 54.9 Å². The smallest absolute Gasteiger partial charge is 0.475 e. The Hall–Kier alpha value is -2.80. The largest absolute Gasteiger partial charge is 0.490 e. The molecule has 4 rings (SSSR count). The molecule has 1 N–H and O–H groups in total. The van der Waals surface area contributed by atoms with Gasteiger partial charge in [0, 0.05) is 38.3 Å². The highest BCUT2D eigenvalue weighted by molar-refractivity contribution is 7.89. The summed E-state index contributed by atoms with van der Waals surface area (Å²) < 4.78 is 73.1. The molecule has 8 nitrogen and oxygen atoms in total. The van der Waals surface area contributed by atoms with Crippen LogP contribution >= 0.6 is 0 Å². The molecular formula is C22H26F4N4O4S. The maximum atomic E-state index is 13.9. The molecule has 1 aromatic carbocycles. The number of halogens is 4. The summed E-state index contributed by atoms with van der Waals surface area (Å²) in [6, 6.07) is 4.09. The third-order valence-electron chi connectivity index (χ3n) is 5.91. The minimum Gasteiger partial charge on any atom is -0.475 e. The van der Waals surface area contributed by atoms with Crippen molar-refractivity contribution in [1.29, 1.82) is 0 Å². The van der Waals surface area contributed by atoms with Crippen LogP contribution in [0.3, 0.4) is 0 Å². The van der Waals surface area contributed by atoms with E-state index >= 15 is 0 Å². The number of sulfonamides is 1. The van der Waals surface area contributed by atoms with Gasteiger partial charge in [0.15, 0.2) is 0 Å². The lowest BCUT2D eigenvalue weighted by atomic mass is 10.1. The molecule has 1 aromatic heterocycles. The van der Waals surface area contributed by atoms with Gasteiger partial charge in [-0.3, -0.25) is 0 Å². The summed E-state index contributed by atoms with van der Waals surface area (Å²) in [5, 5.41) is 7.12. The van der Waals surface area contributed by atoms with E-state index in [0.29, 0.717) is 31.5 Å². The maximum Gasteiger partial charge on any atom is 0.490 e. The number of rotatable bonds is 3. The van der Waals surface area contributed by atoms with E-state index in [1.165, 1.54) is 16.4 Å². The summed E-state index contributed by atoms with van der Waals surface area (Å²) in [5.74, 6) is -2.51. The lowest BCUT2D eigenvalue weighted by Gasteiger charge is -2.20. The monoisotopic (exact) mass is 518 g/mol. The average molecular weight is 519 g/mol. The third kappa shape index (κ3) is 6.26. The molecule has 192 valence electrons. The van der Waals surface area contributed by atoms with Crippen molar-refractivity contribution < 1.29 is 35.9 Å². The van der Waals surface area contributed by atoms with E-state index in [2.05, 4.69) is 9.88 Å². The molecule has 2 aromatic rings. The van der Waals surface area contributed by atoms with Crippen molar-refractivity contribution in [2.75, 3.05) is 31.1 Å². The number of carboxylic acid groups (broad SMARTS) is 1. The van der Waals surface area contributed by atoms with E-state index in [4.69, 9.17) is 14.9 Å². The first-order valence-corrected chi connectivity index (χ1v) is 12.4. The molecule has 0 spiro atoms. The van der Waals surface area contributed by atoms with Crippen molar-refractivity contribution in [2.24, 2.45) is 0 Å². The third-order valence-corrected chi connectivity index (χ3v) is 7.80. The van der Waals surface area contributed by atoms with Crippen molar-refractivity contribution in [3.05, 3.63) is 46.5 Å². The number of aliphatic carboxylic acids is 1. The van der Waals surface area contributed by atoms with Crippen molar-refractivity contribution in [3.63, 3.8) is 0 Å². The van der Waals surface area contributed by atoms with Crippen molar-refractivity contribution in [3.8, 4) is 0 Å². The number of aromatic nitrogens is 2. The molecule has 13 heteroatoms. The highest BCUT2D eigenvalue weighted by atomic mass is 32.2. The Morgan fingerprint density at radius 3 is 2.20 bits per heavy atom. The molecule has 2 aliphatic heterocycles. The highest BCUT2D eigenvalue weighted by Crippen LogP contribution is 2.26. The summed E-state index contributed by atoms with van der Waals surface area (Å²) in [4.78, 5) is 20.5. The predicted octanol–water partition coefficient (Wildman–Crippen LogP) is 3.26. The Morgan fingerprint density at radius 2 is 1.63 bits per heavy atom. The van der Waals surface area contributed by atoms with Crippen LogP contribution in [0.4, 0.5) is 23.5 Å². The molecule has 0 aliphatic carbocycles. The normalized spacial score (nSPS) is 16.8. The topological polar surface area (TPSA) is 104 Å². The van der Waals surface area contributed by atoms with Crippen LogP contribution in [0, 0.1) is 19.7 Å². The molecular weight excluding hydrogens is 492 g/mol. The molecule has 2 aliphatic rings. The molecule has 0 bridgehead atoms. The van der Waals surface area contributed by atoms with Crippen molar-refractivity contribution >= 4 is 21.9 Å². The zero-order valence-electron chi connectivity index (χ0n) is 19.3. The molecule has 35 heavy (non-hydrogen) atoms. The van der Waals surface area contributed by atoms with Crippen molar-refractivity contribution in [1.82, 2.24) is 14.3 Å². The second kappa shape index (κ2) is 10.4. The molecule has 1 fully saturated rings. The molecule has 0 amide bonds. The van der Waals surface area contributed by atoms with Crippen LogP contribution < -0.4 is 4.90 Å². The number of carboxylic acids is 1. The Morgan fingerprint density at radius 1 is 1.03 bits per heavy atom. The Bertz CT molecular complexity index is 1200. The summed E-state index contributed by atoms with van der Waals surface area (Å²) >= 11 is 0. The first kappa shape index (κ1) is 26.8. The molecule has 0 radical (unpaired) electrons. The van der Waals surface area contributed by atoms with Crippen LogP contribution in [0.2, 0.25) is 0 Å². The van der Waals surface area contributed by atoms with Gasteiger partial charge in [0.25, 0.3) is 0 Å². The van der Waals surface area contributed by atoms with Gasteiger partial charge in [0.05, 0.1) is 10.6 Å². The number of alkyl halides is 3. The fourth-order valence-electron chi connectivity index (χ4n) is 3.93. The minimum absolute atomic E-state index is 0.00196. The minimum atomic E-state index is -5.08. The fourth-order valence-corrected chi connectivity index (χ4v) is 5.39. The molecule has 0 unspecified atom stereocenters. The standard InChI is InChI=1S/C20H25FN4O2S.C2HF3O2/c1-14-5-6-16(13-18(14)21)28(26,27)25-11-7-17-15(2)22-20(23-19(17)8-12-25)24-9-3-4-10-24;3-2(4,5)1(6)7/h5-6,13H,3-4,7-12H2,1-2H3;(H,6,7). The molecule has 0 saturated carbocycles. The summed E-state index contributed by atoms with van der Waals surface area (Å²) in [6.45, 7) is 6.21. The highest BCUT2D eigenvalue weighted by Gasteiger charge is 2.38. The first-order valence-electron chi connectivity index (χ1n) is 11.0. The van der Waals surface area contributed by atoms with Gasteiger partial charge >= 0.3 is 12.1 Å². The van der Waals surface area contributed by atoms with Crippen LogP contribution in [-0.2, 0) is 27.7 Å². The number of aryl methyl sites for hydroxylation is 2. The summed E-state index contributed by atoms with van der Waals surface area (Å²) in [5.41, 5.74) is 3.33. The average Bonchev–Trinajstić information content (AvgIpc) is 3.22. The summed E-state index contributed by atoms with van der Waals surface area (Å²) in [7, 11) is -3.75. The maximum absolute atomic E-state index is 13.9. The van der Waals surface area contributed by atoms with Crippen LogP contribution in [-0.4, -0.2) is 66.1 Å². The van der Waals surface area contributed by atoms with Crippen LogP contribution in [0.1, 0.15) is 35.4 Å². The quantitative estimate of drug-likeness (QED) is 0.622. The SMILES string of the molecule is Cc1ccc(S(=O)(=O)N2CCc3nc(N4CCCC4)nc(C)c3CC2)cc1F.O=C(O)C(F)(F)F. The van der Waals surface area contributed by atoms with Crippen LogP contribution in [0.15, 0.2) is 23.1 Å². The predicted molar refractivity (Wildman–Crippen MR) is 119 cm³/mol. The van der Waals surface area contributed by atoms with Gasteiger partial charge in [-0.2, -0.15) is 17.5 Å². The number of hydrogen-bond donors (Lipinski definition) is 1. The molecule has 1 saturated heterocycles. The Balaban J connectivity index is 0.000000429. The van der Waals surface area contributed by atoms with Gasteiger partial charge in [0.2, 0.25) is 16.0 Å². The lowest BCUT2D eigenvalue weighted by molar-refractivity contribution is -0.192. The van der Waals surface area contributed by atoms with E-state index in [1.807, 2.05) is 6.92 Å². The molecule has 0 atom stereocenters. The van der Waals surface area contributed by atoms with Gasteiger partial charge in [-0.15, -0.1) is 0 Å². The first-order chi connectivity index (χ1) is 16.3. The van der Waals surface area contributed by atoms with E-state index in [9.17, 15) is 26.0 Å². The zero-order valence-corrected chi connectivity index (χ0v) is 20.1. The molecule has 3 heterocycles. The van der Waals surface area contributed by atoms with Gasteiger partial charge in [-0.05, 0) is 56.4 Å². The van der Waals surface area contributed by atoms with Crippen LogP contribution in [0.25, 0.3) is 0 Å². The number of hydrogen-bond acceptors (Lipinski definition) is 6. The van der Waals surface area contributed by atoms with Crippen molar-refractivity contribution in [2.45, 2.75) is 50.6 Å². The zero-order chi connectivity index (χ0) is 26.0. The lowest BCUT2D eigenvalue weighted by Crippen LogP contribution is -2.33. The van der Waals surface area contributed by atoms with Gasteiger partial charge in [-0.25, -0.2) is 27.6 Å². The second-order valence-electron chi connectivity index (χ2n) is 8.35. The Kier molecular flexibility index (Phi) is 8.00. The fraction of sp³-hybridized carbons (Fsp3) is 0.500. The van der Waals surface area contributed by atoms with E-state index in [1.54, 1.807) is 6.92 Å². The number of fused-ring (bicyclic) bond motifs is 1. The van der Waals surface area contributed by atoms with Gasteiger partial charge < -0.3 is 10.0 Å². The van der Waals surface area contributed by atoms with E-state index < -0.39 is 28.0 Å². The number of carbonyl (C=O) groups is 1. The van der Waals surface area contributed by atoms with E-state index in [-0.39, 0.29) is 4.90 Å². The Labute approximate surface area is 200 Å². The second-order valence-corrected chi connectivity index (χ2v) is 10.3. The summed E-state index contributed by atoms with van der Waals surface area (Å²) in [6.07, 6.45) is -1.68. The number of benzene rings is 1. The van der Waals surface area contributed by atoms with Crippen LogP contribution in [0.5, 0.6) is 0 Å².